The van der Waals surface area contributed by atoms with E-state index in [1.165, 1.54) is 18.3 Å². The molecule has 0 unspecified atom stereocenters. The average molecular weight is 342 g/mol. The Bertz CT molecular complexity index is 854. The molecule has 2 aromatic rings. The predicted octanol–water partition coefficient (Wildman–Crippen LogP) is 4.12. The summed E-state index contributed by atoms with van der Waals surface area (Å²) in [6.45, 7) is 3.62. The van der Waals surface area contributed by atoms with Gasteiger partial charge in [-0.15, -0.1) is 0 Å². The number of halogens is 1. The lowest BCUT2D eigenvalue weighted by molar-refractivity contribution is -0.112. The summed E-state index contributed by atoms with van der Waals surface area (Å²) in [7, 11) is 0. The van der Waals surface area contributed by atoms with Crippen LogP contribution in [0.4, 0.5) is 11.4 Å². The zero-order chi connectivity index (χ0) is 17.7. The van der Waals surface area contributed by atoms with Crippen molar-refractivity contribution in [3.05, 3.63) is 64.3 Å². The summed E-state index contributed by atoms with van der Waals surface area (Å²) in [5, 5.41) is 24.8. The van der Waals surface area contributed by atoms with Gasteiger partial charge in [-0.25, -0.2) is 0 Å². The number of carbonyl (C=O) groups is 1. The molecule has 0 fully saturated rings. The van der Waals surface area contributed by atoms with Crippen LogP contribution in [0.25, 0.3) is 0 Å². The SMILES string of the molecule is Cc1cc(Cl)ccc1N/C=C(/C#N)C(=O)Nc1ccc(O)cc1C. The summed E-state index contributed by atoms with van der Waals surface area (Å²) in [6.07, 6.45) is 1.35. The highest BCUT2D eigenvalue weighted by Crippen LogP contribution is 2.21. The third-order valence-corrected chi connectivity index (χ3v) is 3.62. The minimum absolute atomic E-state index is 0.0724. The fourth-order valence-corrected chi connectivity index (χ4v) is 2.29. The molecule has 2 rings (SSSR count). The quantitative estimate of drug-likeness (QED) is 0.443. The second kappa shape index (κ2) is 7.53. The molecular weight excluding hydrogens is 326 g/mol. The summed E-state index contributed by atoms with van der Waals surface area (Å²) in [5.74, 6) is -0.424. The Morgan fingerprint density at radius 3 is 2.46 bits per heavy atom. The van der Waals surface area contributed by atoms with E-state index in [1.54, 1.807) is 31.2 Å². The van der Waals surface area contributed by atoms with Gasteiger partial charge >= 0.3 is 0 Å². The molecule has 122 valence electrons. The first-order valence-corrected chi connectivity index (χ1v) is 7.52. The number of aryl methyl sites for hydroxylation is 2. The van der Waals surface area contributed by atoms with Crippen LogP contribution in [0.2, 0.25) is 5.02 Å². The molecule has 0 spiro atoms. The number of hydrogen-bond donors (Lipinski definition) is 3. The molecule has 5 nitrogen and oxygen atoms in total. The number of carbonyl (C=O) groups excluding carboxylic acids is 1. The molecule has 24 heavy (non-hydrogen) atoms. The van der Waals surface area contributed by atoms with E-state index in [0.717, 1.165) is 11.3 Å². The molecule has 0 atom stereocenters. The molecule has 3 N–H and O–H groups in total. The average Bonchev–Trinajstić information content (AvgIpc) is 2.52. The standard InChI is InChI=1S/C18H16ClN3O2/c1-11-7-14(19)3-5-16(11)21-10-13(9-20)18(24)22-17-6-4-15(23)8-12(17)2/h3-8,10,21,23H,1-2H3,(H,22,24)/b13-10-. The fourth-order valence-electron chi connectivity index (χ4n) is 2.07. The van der Waals surface area contributed by atoms with Gasteiger partial charge in [-0.05, 0) is 61.4 Å². The lowest BCUT2D eigenvalue weighted by Crippen LogP contribution is -2.15. The summed E-state index contributed by atoms with van der Waals surface area (Å²) >= 11 is 5.90. The first-order valence-electron chi connectivity index (χ1n) is 7.14. The Labute approximate surface area is 145 Å². The molecule has 6 heteroatoms. The molecule has 2 aromatic carbocycles. The van der Waals surface area contributed by atoms with Crippen molar-refractivity contribution >= 4 is 28.9 Å². The van der Waals surface area contributed by atoms with Gasteiger partial charge in [0.2, 0.25) is 0 Å². The van der Waals surface area contributed by atoms with E-state index < -0.39 is 5.91 Å². The molecule has 0 aromatic heterocycles. The van der Waals surface area contributed by atoms with Gasteiger partial charge in [0.15, 0.2) is 0 Å². The van der Waals surface area contributed by atoms with Crippen LogP contribution in [0.15, 0.2) is 48.2 Å². The van der Waals surface area contributed by atoms with E-state index in [0.29, 0.717) is 16.3 Å². The summed E-state index contributed by atoms with van der Waals surface area (Å²) < 4.78 is 0. The second-order valence-electron chi connectivity index (χ2n) is 5.23. The van der Waals surface area contributed by atoms with E-state index >= 15 is 0 Å². The summed E-state index contributed by atoms with van der Waals surface area (Å²) in [4.78, 5) is 12.2. The van der Waals surface area contributed by atoms with Crippen molar-refractivity contribution in [2.45, 2.75) is 13.8 Å². The largest absolute Gasteiger partial charge is 0.508 e. The van der Waals surface area contributed by atoms with E-state index in [2.05, 4.69) is 10.6 Å². The van der Waals surface area contributed by atoms with Gasteiger partial charge in [0.25, 0.3) is 5.91 Å². The Hall–Kier alpha value is -2.97. The van der Waals surface area contributed by atoms with Crippen LogP contribution >= 0.6 is 11.6 Å². The number of phenolic OH excluding ortho intramolecular Hbond substituents is 1. The number of hydrogen-bond acceptors (Lipinski definition) is 4. The van der Waals surface area contributed by atoms with Crippen molar-refractivity contribution in [2.75, 3.05) is 10.6 Å². The number of nitrogens with zero attached hydrogens (tertiary/aromatic N) is 1. The van der Waals surface area contributed by atoms with Crippen LogP contribution in [0, 0.1) is 25.2 Å². The summed E-state index contributed by atoms with van der Waals surface area (Å²) in [6, 6.07) is 11.7. The fraction of sp³-hybridized carbons (Fsp3) is 0.111. The molecule has 0 aliphatic heterocycles. The molecule has 0 saturated carbocycles. The van der Waals surface area contributed by atoms with Gasteiger partial charge in [0.05, 0.1) is 0 Å². The lowest BCUT2D eigenvalue weighted by Gasteiger charge is -2.09. The van der Waals surface area contributed by atoms with E-state index in [4.69, 9.17) is 11.6 Å². The van der Waals surface area contributed by atoms with E-state index in [-0.39, 0.29) is 11.3 Å². The number of phenols is 1. The van der Waals surface area contributed by atoms with Gasteiger partial charge < -0.3 is 15.7 Å². The minimum Gasteiger partial charge on any atom is -0.508 e. The van der Waals surface area contributed by atoms with E-state index in [9.17, 15) is 15.2 Å². The van der Waals surface area contributed by atoms with Crippen LogP contribution in [-0.4, -0.2) is 11.0 Å². The van der Waals surface area contributed by atoms with Crippen LogP contribution < -0.4 is 10.6 Å². The van der Waals surface area contributed by atoms with Crippen molar-refractivity contribution in [3.63, 3.8) is 0 Å². The molecule has 1 amide bonds. The van der Waals surface area contributed by atoms with Crippen molar-refractivity contribution in [1.29, 1.82) is 5.26 Å². The molecule has 0 heterocycles. The topological polar surface area (TPSA) is 85.2 Å². The second-order valence-corrected chi connectivity index (χ2v) is 5.66. The first-order chi connectivity index (χ1) is 11.4. The van der Waals surface area contributed by atoms with Gasteiger partial charge in [-0.3, -0.25) is 4.79 Å². The number of aromatic hydroxyl groups is 1. The molecule has 0 aliphatic rings. The Morgan fingerprint density at radius 1 is 1.17 bits per heavy atom. The highest BCUT2D eigenvalue weighted by molar-refractivity contribution is 6.30. The minimum atomic E-state index is -0.537. The number of benzene rings is 2. The maximum Gasteiger partial charge on any atom is 0.267 e. The van der Waals surface area contributed by atoms with Crippen LogP contribution in [0.1, 0.15) is 11.1 Å². The normalized spacial score (nSPS) is 10.8. The zero-order valence-corrected chi connectivity index (χ0v) is 14.0. The third-order valence-electron chi connectivity index (χ3n) is 3.38. The number of nitriles is 1. The lowest BCUT2D eigenvalue weighted by atomic mass is 10.1. The van der Waals surface area contributed by atoms with Gasteiger partial charge in [0.1, 0.15) is 17.4 Å². The van der Waals surface area contributed by atoms with Crippen LogP contribution in [0.3, 0.4) is 0 Å². The van der Waals surface area contributed by atoms with Gasteiger partial charge in [-0.1, -0.05) is 11.6 Å². The monoisotopic (exact) mass is 341 g/mol. The van der Waals surface area contributed by atoms with Crippen molar-refractivity contribution in [1.82, 2.24) is 0 Å². The first kappa shape index (κ1) is 17.4. The Morgan fingerprint density at radius 2 is 1.83 bits per heavy atom. The van der Waals surface area contributed by atoms with Crippen LogP contribution in [0.5, 0.6) is 5.75 Å². The number of anilines is 2. The maximum atomic E-state index is 12.2. The van der Waals surface area contributed by atoms with Crippen molar-refractivity contribution in [2.24, 2.45) is 0 Å². The van der Waals surface area contributed by atoms with Crippen molar-refractivity contribution in [3.8, 4) is 11.8 Å². The van der Waals surface area contributed by atoms with Crippen molar-refractivity contribution < 1.29 is 9.90 Å². The van der Waals surface area contributed by atoms with E-state index in [1.807, 2.05) is 13.0 Å². The molecular formula is C18H16ClN3O2. The zero-order valence-electron chi connectivity index (χ0n) is 13.2. The smallest absolute Gasteiger partial charge is 0.267 e. The third kappa shape index (κ3) is 4.28. The maximum absolute atomic E-state index is 12.2. The molecule has 0 bridgehead atoms. The highest BCUT2D eigenvalue weighted by atomic mass is 35.5. The number of rotatable bonds is 4. The number of nitrogens with one attached hydrogen (secondary N) is 2. The number of amides is 1. The summed E-state index contributed by atoms with van der Waals surface area (Å²) in [5.41, 5.74) is 2.80. The van der Waals surface area contributed by atoms with Gasteiger partial charge in [0, 0.05) is 22.6 Å². The molecule has 0 saturated heterocycles. The van der Waals surface area contributed by atoms with Crippen LogP contribution in [-0.2, 0) is 4.79 Å². The molecule has 0 radical (unpaired) electrons. The molecule has 0 aliphatic carbocycles. The Balaban J connectivity index is 2.15. The Kier molecular flexibility index (Phi) is 5.46. The highest BCUT2D eigenvalue weighted by Gasteiger charge is 2.11. The van der Waals surface area contributed by atoms with Gasteiger partial charge in [-0.2, -0.15) is 5.26 Å². The predicted molar refractivity (Wildman–Crippen MR) is 95.0 cm³/mol.